The van der Waals surface area contributed by atoms with Crippen molar-refractivity contribution in [3.05, 3.63) is 59.5 Å². The van der Waals surface area contributed by atoms with Gasteiger partial charge >= 0.3 is 0 Å². The van der Waals surface area contributed by atoms with Crippen molar-refractivity contribution >= 4 is 5.91 Å². The Hall–Kier alpha value is -2.54. The normalized spacial score (nSPS) is 9.78. The van der Waals surface area contributed by atoms with E-state index in [4.69, 9.17) is 9.68 Å². The molecule has 0 spiro atoms. The van der Waals surface area contributed by atoms with Gasteiger partial charge in [0, 0.05) is 24.7 Å². The first-order valence-electron chi connectivity index (χ1n) is 5.47. The van der Waals surface area contributed by atoms with Crippen LogP contribution in [0.25, 0.3) is 0 Å². The maximum Gasteiger partial charge on any atom is 0.253 e. The number of hydrogen-bond acceptors (Lipinski definition) is 3. The lowest BCUT2D eigenvalue weighted by Crippen LogP contribution is -2.25. The zero-order valence-corrected chi connectivity index (χ0v) is 9.96. The Morgan fingerprint density at radius 2 is 2.06 bits per heavy atom. The number of nitriles is 1. The molecule has 1 aromatic heterocycles. The molecule has 0 fully saturated rings. The van der Waals surface area contributed by atoms with Crippen LogP contribution in [0.5, 0.6) is 0 Å². The standard InChI is InChI=1S/C14H12N2O2/c1-16(9-12-6-7-18-10-12)14(17)13-4-2-11(8-15)3-5-13/h2-7,10H,9H2,1H3. The van der Waals surface area contributed by atoms with E-state index in [1.54, 1.807) is 48.7 Å². The molecule has 4 nitrogen and oxygen atoms in total. The second-order valence-electron chi connectivity index (χ2n) is 3.98. The summed E-state index contributed by atoms with van der Waals surface area (Å²) in [5.41, 5.74) is 2.06. The summed E-state index contributed by atoms with van der Waals surface area (Å²) in [7, 11) is 1.73. The summed E-state index contributed by atoms with van der Waals surface area (Å²) in [6.45, 7) is 0.495. The van der Waals surface area contributed by atoms with Crippen molar-refractivity contribution in [2.45, 2.75) is 6.54 Å². The molecule has 0 atom stereocenters. The van der Waals surface area contributed by atoms with Crippen molar-refractivity contribution in [2.75, 3.05) is 7.05 Å². The van der Waals surface area contributed by atoms with Gasteiger partial charge in [-0.05, 0) is 30.3 Å². The van der Waals surface area contributed by atoms with Crippen LogP contribution in [0.2, 0.25) is 0 Å². The maximum absolute atomic E-state index is 12.1. The number of amides is 1. The molecule has 18 heavy (non-hydrogen) atoms. The molecule has 1 heterocycles. The first-order valence-corrected chi connectivity index (χ1v) is 5.47. The fourth-order valence-corrected chi connectivity index (χ4v) is 1.64. The molecule has 90 valence electrons. The molecular weight excluding hydrogens is 228 g/mol. The number of carbonyl (C=O) groups excluding carboxylic acids is 1. The third-order valence-electron chi connectivity index (χ3n) is 2.61. The van der Waals surface area contributed by atoms with E-state index >= 15 is 0 Å². The molecule has 0 aliphatic carbocycles. The van der Waals surface area contributed by atoms with Gasteiger partial charge in [-0.1, -0.05) is 0 Å². The summed E-state index contributed by atoms with van der Waals surface area (Å²) in [4.78, 5) is 13.7. The molecule has 1 aromatic carbocycles. The summed E-state index contributed by atoms with van der Waals surface area (Å²) in [6, 6.07) is 10.4. The van der Waals surface area contributed by atoms with Crippen LogP contribution in [0.4, 0.5) is 0 Å². The highest BCUT2D eigenvalue weighted by Gasteiger charge is 2.12. The quantitative estimate of drug-likeness (QED) is 0.827. The second kappa shape index (κ2) is 5.19. The minimum Gasteiger partial charge on any atom is -0.472 e. The van der Waals surface area contributed by atoms with Crippen LogP contribution in [0.1, 0.15) is 21.5 Å². The van der Waals surface area contributed by atoms with Crippen molar-refractivity contribution in [3.63, 3.8) is 0 Å². The maximum atomic E-state index is 12.1. The number of hydrogen-bond donors (Lipinski definition) is 0. The first-order chi connectivity index (χ1) is 8.70. The molecule has 0 saturated carbocycles. The second-order valence-corrected chi connectivity index (χ2v) is 3.98. The van der Waals surface area contributed by atoms with Crippen LogP contribution < -0.4 is 0 Å². The van der Waals surface area contributed by atoms with E-state index < -0.39 is 0 Å². The van der Waals surface area contributed by atoms with E-state index in [1.807, 2.05) is 12.1 Å². The zero-order valence-electron chi connectivity index (χ0n) is 9.96. The number of benzene rings is 1. The van der Waals surface area contributed by atoms with E-state index in [2.05, 4.69) is 0 Å². The number of furan rings is 1. The Morgan fingerprint density at radius 3 is 2.61 bits per heavy atom. The molecule has 0 N–H and O–H groups in total. The van der Waals surface area contributed by atoms with E-state index in [-0.39, 0.29) is 5.91 Å². The van der Waals surface area contributed by atoms with Crippen molar-refractivity contribution < 1.29 is 9.21 Å². The van der Waals surface area contributed by atoms with Gasteiger partial charge < -0.3 is 9.32 Å². The van der Waals surface area contributed by atoms with E-state index in [9.17, 15) is 4.79 Å². The number of rotatable bonds is 3. The highest BCUT2D eigenvalue weighted by molar-refractivity contribution is 5.94. The smallest absolute Gasteiger partial charge is 0.253 e. The molecule has 4 heteroatoms. The average molecular weight is 240 g/mol. The van der Waals surface area contributed by atoms with Crippen molar-refractivity contribution in [3.8, 4) is 6.07 Å². The SMILES string of the molecule is CN(Cc1ccoc1)C(=O)c1ccc(C#N)cc1. The Balaban J connectivity index is 2.08. The molecule has 0 unspecified atom stereocenters. The van der Waals surface area contributed by atoms with Crippen molar-refractivity contribution in [1.29, 1.82) is 5.26 Å². The zero-order chi connectivity index (χ0) is 13.0. The minimum absolute atomic E-state index is 0.0827. The fraction of sp³-hybridized carbons (Fsp3) is 0.143. The minimum atomic E-state index is -0.0827. The van der Waals surface area contributed by atoms with Gasteiger partial charge in [0.1, 0.15) is 0 Å². The van der Waals surface area contributed by atoms with Crippen LogP contribution in [-0.4, -0.2) is 17.9 Å². The molecule has 0 aliphatic rings. The summed E-state index contributed by atoms with van der Waals surface area (Å²) in [5, 5.41) is 8.69. The van der Waals surface area contributed by atoms with Crippen LogP contribution in [0, 0.1) is 11.3 Å². The third-order valence-corrected chi connectivity index (χ3v) is 2.61. The van der Waals surface area contributed by atoms with Gasteiger partial charge in [0.2, 0.25) is 0 Å². The lowest BCUT2D eigenvalue weighted by atomic mass is 10.1. The molecule has 1 amide bonds. The molecule has 2 rings (SSSR count). The lowest BCUT2D eigenvalue weighted by molar-refractivity contribution is 0.0785. The predicted molar refractivity (Wildman–Crippen MR) is 65.7 cm³/mol. The van der Waals surface area contributed by atoms with Crippen LogP contribution in [0.15, 0.2) is 47.3 Å². The van der Waals surface area contributed by atoms with Crippen LogP contribution in [-0.2, 0) is 6.54 Å². The first kappa shape index (κ1) is 11.9. The predicted octanol–water partition coefficient (Wildman–Crippen LogP) is 2.42. The molecular formula is C14H12N2O2. The number of nitrogens with zero attached hydrogens (tertiary/aromatic N) is 2. The molecule has 2 aromatic rings. The topological polar surface area (TPSA) is 57.2 Å². The summed E-state index contributed by atoms with van der Waals surface area (Å²) >= 11 is 0. The fourth-order valence-electron chi connectivity index (χ4n) is 1.64. The lowest BCUT2D eigenvalue weighted by Gasteiger charge is -2.16. The van der Waals surface area contributed by atoms with E-state index in [0.717, 1.165) is 5.56 Å². The summed E-state index contributed by atoms with van der Waals surface area (Å²) < 4.78 is 4.96. The Bertz CT molecular complexity index is 565. The van der Waals surface area contributed by atoms with Crippen LogP contribution >= 0.6 is 0 Å². The van der Waals surface area contributed by atoms with Gasteiger partial charge in [-0.25, -0.2) is 0 Å². The van der Waals surface area contributed by atoms with Gasteiger partial charge in [0.15, 0.2) is 0 Å². The van der Waals surface area contributed by atoms with Gasteiger partial charge in [0.05, 0.1) is 24.2 Å². The van der Waals surface area contributed by atoms with E-state index in [0.29, 0.717) is 17.7 Å². The van der Waals surface area contributed by atoms with Gasteiger partial charge in [-0.2, -0.15) is 5.26 Å². The third kappa shape index (κ3) is 2.58. The monoisotopic (exact) mass is 240 g/mol. The highest BCUT2D eigenvalue weighted by atomic mass is 16.3. The average Bonchev–Trinajstić information content (AvgIpc) is 2.91. The summed E-state index contributed by atoms with van der Waals surface area (Å²) in [5.74, 6) is -0.0827. The highest BCUT2D eigenvalue weighted by Crippen LogP contribution is 2.09. The van der Waals surface area contributed by atoms with Gasteiger partial charge in [0.25, 0.3) is 5.91 Å². The Kier molecular flexibility index (Phi) is 3.44. The van der Waals surface area contributed by atoms with Crippen LogP contribution in [0.3, 0.4) is 0 Å². The van der Waals surface area contributed by atoms with Crippen molar-refractivity contribution in [1.82, 2.24) is 4.90 Å². The van der Waals surface area contributed by atoms with Gasteiger partial charge in [-0.15, -0.1) is 0 Å². The van der Waals surface area contributed by atoms with E-state index in [1.165, 1.54) is 0 Å². The molecule has 0 radical (unpaired) electrons. The molecule has 0 bridgehead atoms. The number of carbonyl (C=O) groups is 1. The molecule has 0 saturated heterocycles. The van der Waals surface area contributed by atoms with Crippen molar-refractivity contribution in [2.24, 2.45) is 0 Å². The Labute approximate surface area is 105 Å². The summed E-state index contributed by atoms with van der Waals surface area (Å²) in [6.07, 6.45) is 3.19. The Morgan fingerprint density at radius 1 is 1.33 bits per heavy atom. The molecule has 0 aliphatic heterocycles. The largest absolute Gasteiger partial charge is 0.472 e. The van der Waals surface area contributed by atoms with Gasteiger partial charge in [-0.3, -0.25) is 4.79 Å².